The van der Waals surface area contributed by atoms with Crippen molar-refractivity contribution in [3.8, 4) is 11.5 Å². The molecular formula is C20H23N3O4. The number of amides is 1. The molecule has 1 aliphatic carbocycles. The molecule has 7 nitrogen and oxygen atoms in total. The molecule has 27 heavy (non-hydrogen) atoms. The molecule has 0 bridgehead atoms. The molecule has 3 aliphatic rings. The second kappa shape index (κ2) is 6.88. The Morgan fingerprint density at radius 1 is 1.22 bits per heavy atom. The third-order valence-corrected chi connectivity index (χ3v) is 5.43. The van der Waals surface area contributed by atoms with Gasteiger partial charge in [-0.1, -0.05) is 0 Å². The maximum absolute atomic E-state index is 13.1. The van der Waals surface area contributed by atoms with Crippen LogP contribution >= 0.6 is 0 Å². The highest BCUT2D eigenvalue weighted by Crippen LogP contribution is 2.34. The van der Waals surface area contributed by atoms with Crippen molar-refractivity contribution in [2.45, 2.75) is 31.8 Å². The van der Waals surface area contributed by atoms with E-state index in [9.17, 15) is 4.79 Å². The number of carbonyl (C=O) groups excluding carboxylic acids is 1. The fraction of sp³-hybridized carbons (Fsp3) is 0.500. The Kier molecular flexibility index (Phi) is 4.24. The predicted molar refractivity (Wildman–Crippen MR) is 96.7 cm³/mol. The third kappa shape index (κ3) is 3.39. The van der Waals surface area contributed by atoms with Crippen LogP contribution < -0.4 is 9.47 Å². The van der Waals surface area contributed by atoms with Gasteiger partial charge in [-0.3, -0.25) is 9.48 Å². The number of nitrogens with zero attached hydrogens (tertiary/aromatic N) is 3. The first-order chi connectivity index (χ1) is 13.3. The summed E-state index contributed by atoms with van der Waals surface area (Å²) in [5.41, 5.74) is 1.68. The molecule has 0 N–H and O–H groups in total. The van der Waals surface area contributed by atoms with E-state index < -0.39 is 0 Å². The lowest BCUT2D eigenvalue weighted by Crippen LogP contribution is -2.41. The highest BCUT2D eigenvalue weighted by molar-refractivity contribution is 5.95. The summed E-state index contributed by atoms with van der Waals surface area (Å²) in [5, 5.41) is 4.46. The minimum atomic E-state index is 0.00430. The summed E-state index contributed by atoms with van der Waals surface area (Å²) in [6.45, 7) is 2.96. The van der Waals surface area contributed by atoms with Crippen molar-refractivity contribution in [3.05, 3.63) is 41.7 Å². The van der Waals surface area contributed by atoms with E-state index in [1.165, 1.54) is 12.8 Å². The number of carbonyl (C=O) groups is 1. The van der Waals surface area contributed by atoms with Crippen molar-refractivity contribution in [2.24, 2.45) is 5.92 Å². The first-order valence-corrected chi connectivity index (χ1v) is 9.57. The Labute approximate surface area is 157 Å². The van der Waals surface area contributed by atoms with Gasteiger partial charge in [-0.2, -0.15) is 5.10 Å². The van der Waals surface area contributed by atoms with Crippen molar-refractivity contribution in [3.63, 3.8) is 0 Å². The van der Waals surface area contributed by atoms with Gasteiger partial charge in [0.1, 0.15) is 0 Å². The Bertz CT molecular complexity index is 846. The van der Waals surface area contributed by atoms with Crippen molar-refractivity contribution < 1.29 is 19.0 Å². The maximum atomic E-state index is 13.1. The van der Waals surface area contributed by atoms with E-state index >= 15 is 0 Å². The smallest absolute Gasteiger partial charge is 0.254 e. The summed E-state index contributed by atoms with van der Waals surface area (Å²) >= 11 is 0. The first kappa shape index (κ1) is 16.6. The van der Waals surface area contributed by atoms with Crippen molar-refractivity contribution in [1.82, 2.24) is 14.7 Å². The van der Waals surface area contributed by atoms with Gasteiger partial charge in [-0.05, 0) is 49.4 Å². The molecule has 0 saturated heterocycles. The average molecular weight is 369 g/mol. The fourth-order valence-electron chi connectivity index (χ4n) is 3.72. The Balaban J connectivity index is 1.28. The van der Waals surface area contributed by atoms with E-state index in [0.29, 0.717) is 36.8 Å². The average Bonchev–Trinajstić information content (AvgIpc) is 3.18. The molecule has 1 saturated carbocycles. The summed E-state index contributed by atoms with van der Waals surface area (Å²) in [6, 6.07) is 7.49. The van der Waals surface area contributed by atoms with Crippen molar-refractivity contribution >= 4 is 5.91 Å². The van der Waals surface area contributed by atoms with E-state index in [4.69, 9.17) is 14.2 Å². The van der Waals surface area contributed by atoms with Gasteiger partial charge < -0.3 is 19.1 Å². The van der Waals surface area contributed by atoms with Crippen molar-refractivity contribution in [1.29, 1.82) is 0 Å². The molecule has 1 aromatic heterocycles. The standard InChI is InChI=1S/C20H23N3O4/c24-20(15-3-4-18-19(9-15)27-13-26-18)22-10-16-5-7-21-23(16)17(11-22)6-8-25-12-14-1-2-14/h3-5,7,9,14,17H,1-2,6,8,10-13H2. The molecule has 142 valence electrons. The fourth-order valence-corrected chi connectivity index (χ4v) is 3.72. The topological polar surface area (TPSA) is 65.8 Å². The molecule has 5 rings (SSSR count). The number of rotatable bonds is 6. The van der Waals surface area contributed by atoms with E-state index in [1.807, 2.05) is 21.8 Å². The van der Waals surface area contributed by atoms with Crippen LogP contribution in [-0.4, -0.2) is 47.1 Å². The summed E-state index contributed by atoms with van der Waals surface area (Å²) in [5.74, 6) is 2.09. The zero-order chi connectivity index (χ0) is 18.2. The van der Waals surface area contributed by atoms with E-state index in [2.05, 4.69) is 5.10 Å². The van der Waals surface area contributed by atoms with Gasteiger partial charge in [0.25, 0.3) is 5.91 Å². The lowest BCUT2D eigenvalue weighted by Gasteiger charge is -2.34. The lowest BCUT2D eigenvalue weighted by atomic mass is 10.1. The molecule has 0 radical (unpaired) electrons. The summed E-state index contributed by atoms with van der Waals surface area (Å²) in [7, 11) is 0. The monoisotopic (exact) mass is 369 g/mol. The quantitative estimate of drug-likeness (QED) is 0.733. The SMILES string of the molecule is O=C(c1ccc2c(c1)OCO2)N1Cc2ccnn2C(CCOCC2CC2)C1. The molecule has 1 amide bonds. The molecule has 1 atom stereocenters. The van der Waals surface area contributed by atoms with E-state index in [-0.39, 0.29) is 18.7 Å². The van der Waals surface area contributed by atoms with Crippen LogP contribution in [0.1, 0.15) is 41.4 Å². The van der Waals surface area contributed by atoms with Gasteiger partial charge in [-0.25, -0.2) is 0 Å². The molecule has 2 aliphatic heterocycles. The number of fused-ring (bicyclic) bond motifs is 2. The van der Waals surface area contributed by atoms with Crippen molar-refractivity contribution in [2.75, 3.05) is 26.6 Å². The van der Waals surface area contributed by atoms with Crippen LogP contribution in [0.25, 0.3) is 0 Å². The highest BCUT2D eigenvalue weighted by Gasteiger charge is 2.30. The number of hydrogen-bond acceptors (Lipinski definition) is 5. The summed E-state index contributed by atoms with van der Waals surface area (Å²) < 4.78 is 18.6. The largest absolute Gasteiger partial charge is 0.454 e. The van der Waals surface area contributed by atoms with Gasteiger partial charge >= 0.3 is 0 Å². The minimum Gasteiger partial charge on any atom is -0.454 e. The normalized spacial score (nSPS) is 20.6. The number of benzene rings is 1. The van der Waals surface area contributed by atoms with Crippen LogP contribution in [0.4, 0.5) is 0 Å². The zero-order valence-electron chi connectivity index (χ0n) is 15.2. The van der Waals surface area contributed by atoms with Crippen LogP contribution in [-0.2, 0) is 11.3 Å². The third-order valence-electron chi connectivity index (χ3n) is 5.43. The molecule has 1 fully saturated rings. The first-order valence-electron chi connectivity index (χ1n) is 9.57. The summed E-state index contributed by atoms with van der Waals surface area (Å²) in [4.78, 5) is 15.0. The Morgan fingerprint density at radius 3 is 3.00 bits per heavy atom. The van der Waals surface area contributed by atoms with Crippen LogP contribution in [0, 0.1) is 5.92 Å². The minimum absolute atomic E-state index is 0.00430. The molecule has 2 aromatic rings. The van der Waals surface area contributed by atoms with Crippen LogP contribution in [0.5, 0.6) is 11.5 Å². The second-order valence-corrected chi connectivity index (χ2v) is 7.48. The molecule has 0 spiro atoms. The highest BCUT2D eigenvalue weighted by atomic mass is 16.7. The Morgan fingerprint density at radius 2 is 2.11 bits per heavy atom. The van der Waals surface area contributed by atoms with Gasteiger partial charge in [0.05, 0.1) is 18.3 Å². The van der Waals surface area contributed by atoms with Gasteiger partial charge in [0.2, 0.25) is 6.79 Å². The second-order valence-electron chi connectivity index (χ2n) is 7.48. The predicted octanol–water partition coefficient (Wildman–Crippen LogP) is 2.63. The lowest BCUT2D eigenvalue weighted by molar-refractivity contribution is 0.0610. The number of ether oxygens (including phenoxy) is 3. The number of aromatic nitrogens is 2. The Hall–Kier alpha value is -2.54. The maximum Gasteiger partial charge on any atom is 0.254 e. The van der Waals surface area contributed by atoms with E-state index in [1.54, 1.807) is 18.2 Å². The van der Waals surface area contributed by atoms with Crippen LogP contribution in [0.15, 0.2) is 30.5 Å². The molecule has 3 heterocycles. The van der Waals surface area contributed by atoms with Gasteiger partial charge in [0.15, 0.2) is 11.5 Å². The molecule has 1 unspecified atom stereocenters. The van der Waals surface area contributed by atoms with E-state index in [0.717, 1.165) is 24.6 Å². The molecule has 1 aromatic carbocycles. The summed E-state index contributed by atoms with van der Waals surface area (Å²) in [6.07, 6.45) is 5.25. The van der Waals surface area contributed by atoms with Crippen LogP contribution in [0.3, 0.4) is 0 Å². The number of hydrogen-bond donors (Lipinski definition) is 0. The van der Waals surface area contributed by atoms with Gasteiger partial charge in [-0.15, -0.1) is 0 Å². The zero-order valence-corrected chi connectivity index (χ0v) is 15.2. The van der Waals surface area contributed by atoms with Crippen LogP contribution in [0.2, 0.25) is 0 Å². The molecular weight excluding hydrogens is 346 g/mol. The molecule has 7 heteroatoms. The van der Waals surface area contributed by atoms with Gasteiger partial charge in [0, 0.05) is 31.5 Å².